The molecule has 0 bridgehead atoms. The van der Waals surface area contributed by atoms with Gasteiger partial charge in [-0.2, -0.15) is 4.98 Å². The van der Waals surface area contributed by atoms with Crippen molar-refractivity contribution in [3.8, 4) is 11.1 Å². The van der Waals surface area contributed by atoms with Gasteiger partial charge >= 0.3 is 0 Å². The van der Waals surface area contributed by atoms with Gasteiger partial charge in [0.25, 0.3) is 0 Å². The Labute approximate surface area is 161 Å². The summed E-state index contributed by atoms with van der Waals surface area (Å²) >= 11 is 7.79. The molecular formula is C19H19ClN4OS. The van der Waals surface area contributed by atoms with Crippen LogP contribution in [0.5, 0.6) is 0 Å². The quantitative estimate of drug-likeness (QED) is 0.506. The number of halogens is 1. The molecule has 1 saturated heterocycles. The SMILES string of the molecule is Cc1ccc(-c2csc3nc(Cl)nc(N4CCN(C=O)CC4)c23)c(C)c1. The molecule has 1 aliphatic rings. The second-order valence-electron chi connectivity index (χ2n) is 6.59. The van der Waals surface area contributed by atoms with E-state index in [1.165, 1.54) is 16.7 Å². The van der Waals surface area contributed by atoms with Crippen molar-refractivity contribution in [2.45, 2.75) is 13.8 Å². The van der Waals surface area contributed by atoms with Crippen molar-refractivity contribution >= 4 is 45.4 Å². The van der Waals surface area contributed by atoms with E-state index in [4.69, 9.17) is 11.6 Å². The van der Waals surface area contributed by atoms with Gasteiger partial charge in [-0.1, -0.05) is 23.8 Å². The van der Waals surface area contributed by atoms with Gasteiger partial charge in [0.05, 0.1) is 5.39 Å². The van der Waals surface area contributed by atoms with E-state index in [1.807, 2.05) is 0 Å². The summed E-state index contributed by atoms with van der Waals surface area (Å²) in [4.78, 5) is 24.9. The summed E-state index contributed by atoms with van der Waals surface area (Å²) in [6, 6.07) is 6.48. The third-order valence-electron chi connectivity index (χ3n) is 4.82. The average molecular weight is 387 g/mol. The van der Waals surface area contributed by atoms with Crippen LogP contribution in [0.25, 0.3) is 21.3 Å². The molecule has 7 heteroatoms. The summed E-state index contributed by atoms with van der Waals surface area (Å²) in [7, 11) is 0. The van der Waals surface area contributed by atoms with Gasteiger partial charge < -0.3 is 9.80 Å². The molecule has 0 N–H and O–H groups in total. The van der Waals surface area contributed by atoms with Crippen molar-refractivity contribution in [2.24, 2.45) is 0 Å². The molecule has 1 aromatic carbocycles. The first-order valence-corrected chi connectivity index (χ1v) is 9.79. The number of carbonyl (C=O) groups excluding carboxylic acids is 1. The summed E-state index contributed by atoms with van der Waals surface area (Å²) in [5.41, 5.74) is 4.82. The van der Waals surface area contributed by atoms with Crippen molar-refractivity contribution in [2.75, 3.05) is 31.1 Å². The van der Waals surface area contributed by atoms with Crippen molar-refractivity contribution in [1.29, 1.82) is 0 Å². The molecule has 2 aromatic heterocycles. The first kappa shape index (κ1) is 17.2. The third kappa shape index (κ3) is 3.04. The number of thiophene rings is 1. The zero-order chi connectivity index (χ0) is 18.3. The van der Waals surface area contributed by atoms with Crippen LogP contribution < -0.4 is 4.90 Å². The molecule has 5 nitrogen and oxygen atoms in total. The molecule has 0 atom stereocenters. The van der Waals surface area contributed by atoms with E-state index in [1.54, 1.807) is 16.2 Å². The number of aromatic nitrogens is 2. The van der Waals surface area contributed by atoms with Crippen molar-refractivity contribution < 1.29 is 4.79 Å². The van der Waals surface area contributed by atoms with Gasteiger partial charge in [-0.05, 0) is 36.6 Å². The van der Waals surface area contributed by atoms with E-state index in [9.17, 15) is 4.79 Å². The van der Waals surface area contributed by atoms with Gasteiger partial charge in [0.15, 0.2) is 0 Å². The van der Waals surface area contributed by atoms with Gasteiger partial charge in [0.1, 0.15) is 10.6 Å². The summed E-state index contributed by atoms with van der Waals surface area (Å²) in [6.45, 7) is 7.09. The average Bonchev–Trinajstić information content (AvgIpc) is 3.04. The van der Waals surface area contributed by atoms with Crippen LogP contribution in [0.1, 0.15) is 11.1 Å². The Kier molecular flexibility index (Phi) is 4.54. The lowest BCUT2D eigenvalue weighted by Crippen LogP contribution is -2.46. The lowest BCUT2D eigenvalue weighted by atomic mass is 9.99. The van der Waals surface area contributed by atoms with E-state index in [0.29, 0.717) is 13.1 Å². The molecule has 0 spiro atoms. The minimum absolute atomic E-state index is 0.263. The highest BCUT2D eigenvalue weighted by atomic mass is 35.5. The molecule has 3 heterocycles. The number of anilines is 1. The van der Waals surface area contributed by atoms with Crippen LogP contribution in [0.4, 0.5) is 5.82 Å². The number of aryl methyl sites for hydroxylation is 2. The van der Waals surface area contributed by atoms with E-state index in [-0.39, 0.29) is 5.28 Å². The normalized spacial score (nSPS) is 14.9. The molecule has 0 saturated carbocycles. The summed E-state index contributed by atoms with van der Waals surface area (Å²) in [5, 5.41) is 3.45. The maximum Gasteiger partial charge on any atom is 0.225 e. The maximum atomic E-state index is 11.0. The lowest BCUT2D eigenvalue weighted by molar-refractivity contribution is -0.118. The molecule has 1 aliphatic heterocycles. The van der Waals surface area contributed by atoms with Crippen LogP contribution in [-0.4, -0.2) is 47.5 Å². The Balaban J connectivity index is 1.85. The van der Waals surface area contributed by atoms with Gasteiger partial charge in [-0.25, -0.2) is 4.98 Å². The lowest BCUT2D eigenvalue weighted by Gasteiger charge is -2.33. The molecule has 1 fully saturated rings. The Morgan fingerprint density at radius 1 is 1.12 bits per heavy atom. The summed E-state index contributed by atoms with van der Waals surface area (Å²) in [6.07, 6.45) is 0.908. The molecule has 26 heavy (non-hydrogen) atoms. The van der Waals surface area contributed by atoms with E-state index >= 15 is 0 Å². The highest BCUT2D eigenvalue weighted by Crippen LogP contribution is 2.40. The zero-order valence-corrected chi connectivity index (χ0v) is 16.3. The predicted octanol–water partition coefficient (Wildman–Crippen LogP) is 3.91. The smallest absolute Gasteiger partial charge is 0.225 e. The second kappa shape index (κ2) is 6.85. The Hall–Kier alpha value is -2.18. The molecular weight excluding hydrogens is 368 g/mol. The Bertz CT molecular complexity index is 979. The van der Waals surface area contributed by atoms with E-state index in [2.05, 4.69) is 52.3 Å². The van der Waals surface area contributed by atoms with Gasteiger partial charge in [-0.3, -0.25) is 4.79 Å². The summed E-state index contributed by atoms with van der Waals surface area (Å²) < 4.78 is 0. The molecule has 134 valence electrons. The van der Waals surface area contributed by atoms with Crippen molar-refractivity contribution in [1.82, 2.24) is 14.9 Å². The number of hydrogen-bond donors (Lipinski definition) is 0. The van der Waals surface area contributed by atoms with Crippen LogP contribution in [-0.2, 0) is 4.79 Å². The number of carbonyl (C=O) groups is 1. The van der Waals surface area contributed by atoms with Gasteiger partial charge in [0.2, 0.25) is 11.7 Å². The number of fused-ring (bicyclic) bond motifs is 1. The monoisotopic (exact) mass is 386 g/mol. The maximum absolute atomic E-state index is 11.0. The van der Waals surface area contributed by atoms with Crippen LogP contribution in [0.3, 0.4) is 0 Å². The van der Waals surface area contributed by atoms with Crippen LogP contribution in [0.2, 0.25) is 5.28 Å². The molecule has 0 aliphatic carbocycles. The van der Waals surface area contributed by atoms with Crippen molar-refractivity contribution in [3.05, 3.63) is 40.0 Å². The topological polar surface area (TPSA) is 49.3 Å². The number of hydrogen-bond acceptors (Lipinski definition) is 5. The number of rotatable bonds is 3. The highest BCUT2D eigenvalue weighted by molar-refractivity contribution is 7.17. The highest BCUT2D eigenvalue weighted by Gasteiger charge is 2.23. The minimum Gasteiger partial charge on any atom is -0.352 e. The molecule has 0 radical (unpaired) electrons. The first-order valence-electron chi connectivity index (χ1n) is 8.53. The van der Waals surface area contributed by atoms with Gasteiger partial charge in [0, 0.05) is 37.1 Å². The third-order valence-corrected chi connectivity index (χ3v) is 5.86. The molecule has 1 amide bonds. The fraction of sp³-hybridized carbons (Fsp3) is 0.316. The molecule has 3 aromatic rings. The zero-order valence-electron chi connectivity index (χ0n) is 14.7. The summed E-state index contributed by atoms with van der Waals surface area (Å²) in [5.74, 6) is 0.863. The molecule has 0 unspecified atom stereocenters. The Morgan fingerprint density at radius 2 is 1.88 bits per heavy atom. The van der Waals surface area contributed by atoms with E-state index in [0.717, 1.165) is 41.1 Å². The van der Waals surface area contributed by atoms with Gasteiger partial charge in [-0.15, -0.1) is 11.3 Å². The molecule has 4 rings (SSSR count). The second-order valence-corrected chi connectivity index (χ2v) is 7.79. The minimum atomic E-state index is 0.263. The van der Waals surface area contributed by atoms with Crippen LogP contribution in [0, 0.1) is 13.8 Å². The number of amides is 1. The van der Waals surface area contributed by atoms with Crippen molar-refractivity contribution in [3.63, 3.8) is 0 Å². The van der Waals surface area contributed by atoms with Crippen LogP contribution in [0.15, 0.2) is 23.6 Å². The fourth-order valence-corrected chi connectivity index (χ4v) is 4.63. The fourth-order valence-electron chi connectivity index (χ4n) is 3.48. The number of piperazine rings is 1. The first-order chi connectivity index (χ1) is 12.6. The van der Waals surface area contributed by atoms with E-state index < -0.39 is 0 Å². The number of nitrogens with zero attached hydrogens (tertiary/aromatic N) is 4. The standard InChI is InChI=1S/C19H19ClN4OS/c1-12-3-4-14(13(2)9-12)15-10-26-18-16(15)17(21-19(20)22-18)24-7-5-23(11-25)6-8-24/h3-4,9-11H,5-8H2,1-2H3. The van der Waals surface area contributed by atoms with Crippen LogP contribution >= 0.6 is 22.9 Å². The Morgan fingerprint density at radius 3 is 2.58 bits per heavy atom. The largest absolute Gasteiger partial charge is 0.352 e. The predicted molar refractivity (Wildman–Crippen MR) is 107 cm³/mol. The number of benzene rings is 1.